The molecule has 0 fully saturated rings. The monoisotopic (exact) mass is 395 g/mol. The summed E-state index contributed by atoms with van der Waals surface area (Å²) in [7, 11) is -4.06. The molecule has 0 spiro atoms. The van der Waals surface area contributed by atoms with Gasteiger partial charge in [-0.15, -0.1) is 0 Å². The average Bonchev–Trinajstić information content (AvgIpc) is 2.60. The molecule has 28 heavy (non-hydrogen) atoms. The second kappa shape index (κ2) is 7.40. The van der Waals surface area contributed by atoms with Crippen LogP contribution in [0.1, 0.15) is 32.8 Å². The molecule has 3 aromatic carbocycles. The molecule has 0 aliphatic carbocycles. The number of nitrogens with zero attached hydrogens (tertiary/aromatic N) is 1. The number of sulfonamides is 1. The number of rotatable bonds is 4. The topological polar surface area (TPSA) is 54.5 Å². The van der Waals surface area contributed by atoms with Gasteiger partial charge in [-0.05, 0) is 35.4 Å². The molecule has 0 aliphatic rings. The van der Waals surface area contributed by atoms with Gasteiger partial charge in [-0.1, -0.05) is 75.4 Å². The van der Waals surface area contributed by atoms with Gasteiger partial charge >= 0.3 is 0 Å². The Labute approximate surface area is 166 Å². The Morgan fingerprint density at radius 2 is 1.50 bits per heavy atom. The van der Waals surface area contributed by atoms with E-state index in [9.17, 15) is 13.2 Å². The van der Waals surface area contributed by atoms with Crippen LogP contribution in [0.3, 0.4) is 0 Å². The molecule has 0 bridgehead atoms. The minimum Gasteiger partial charge on any atom is -0.273 e. The number of anilines is 1. The Hall–Kier alpha value is -2.66. The normalized spacial score (nSPS) is 12.1. The van der Waals surface area contributed by atoms with Gasteiger partial charge in [-0.2, -0.15) is 0 Å². The summed E-state index contributed by atoms with van der Waals surface area (Å²) in [5.74, 6) is -0.438. The van der Waals surface area contributed by atoms with Gasteiger partial charge in [0.15, 0.2) is 0 Å². The van der Waals surface area contributed by atoms with E-state index in [1.807, 2.05) is 51.1 Å². The molecule has 0 radical (unpaired) electrons. The van der Waals surface area contributed by atoms with Crippen molar-refractivity contribution in [1.29, 1.82) is 0 Å². The molecular formula is C23H25NO3S. The molecule has 0 aromatic heterocycles. The standard InChI is InChI=1S/C23H25NO3S/c1-17-10-5-8-15-21(17)28(26,27)24(22(25)16-23(2,3)4)20-14-9-12-18-11-6-7-13-19(18)20/h5-15H,16H2,1-4H3. The predicted molar refractivity (Wildman–Crippen MR) is 114 cm³/mol. The van der Waals surface area contributed by atoms with Crippen LogP contribution in [0.15, 0.2) is 71.6 Å². The molecule has 0 saturated heterocycles. The molecule has 0 N–H and O–H groups in total. The summed E-state index contributed by atoms with van der Waals surface area (Å²) in [4.78, 5) is 13.4. The van der Waals surface area contributed by atoms with Gasteiger partial charge in [-0.25, -0.2) is 12.7 Å². The molecule has 3 aromatic rings. The molecule has 4 nitrogen and oxygen atoms in total. The smallest absolute Gasteiger partial charge is 0.271 e. The Morgan fingerprint density at radius 3 is 2.18 bits per heavy atom. The van der Waals surface area contributed by atoms with Crippen LogP contribution in [0.2, 0.25) is 0 Å². The maximum absolute atomic E-state index is 13.6. The molecular weight excluding hydrogens is 370 g/mol. The zero-order chi connectivity index (χ0) is 20.5. The van der Waals surface area contributed by atoms with E-state index in [1.54, 1.807) is 43.3 Å². The third-order valence-corrected chi connectivity index (χ3v) is 6.40. The van der Waals surface area contributed by atoms with Crippen LogP contribution in [-0.4, -0.2) is 14.3 Å². The van der Waals surface area contributed by atoms with E-state index < -0.39 is 15.9 Å². The molecule has 5 heteroatoms. The van der Waals surface area contributed by atoms with Crippen molar-refractivity contribution in [2.24, 2.45) is 5.41 Å². The Kier molecular flexibility index (Phi) is 5.31. The lowest BCUT2D eigenvalue weighted by atomic mass is 9.92. The van der Waals surface area contributed by atoms with Crippen molar-refractivity contribution in [1.82, 2.24) is 0 Å². The van der Waals surface area contributed by atoms with E-state index in [0.717, 1.165) is 15.1 Å². The summed E-state index contributed by atoms with van der Waals surface area (Å²) in [6, 6.07) is 19.6. The van der Waals surface area contributed by atoms with Crippen molar-refractivity contribution < 1.29 is 13.2 Å². The highest BCUT2D eigenvalue weighted by molar-refractivity contribution is 7.93. The summed E-state index contributed by atoms with van der Waals surface area (Å²) in [5, 5.41) is 1.61. The summed E-state index contributed by atoms with van der Waals surface area (Å²) >= 11 is 0. The van der Waals surface area contributed by atoms with Crippen molar-refractivity contribution in [3.8, 4) is 0 Å². The first-order chi connectivity index (χ1) is 13.1. The first-order valence-corrected chi connectivity index (χ1v) is 10.7. The summed E-state index contributed by atoms with van der Waals surface area (Å²) in [6.45, 7) is 7.51. The number of carbonyl (C=O) groups is 1. The highest BCUT2D eigenvalue weighted by atomic mass is 32.2. The van der Waals surface area contributed by atoms with E-state index in [-0.39, 0.29) is 16.7 Å². The second-order valence-electron chi connectivity index (χ2n) is 8.16. The fourth-order valence-corrected chi connectivity index (χ4v) is 4.93. The third-order valence-electron chi connectivity index (χ3n) is 4.51. The molecule has 0 atom stereocenters. The fourth-order valence-electron chi connectivity index (χ4n) is 3.25. The summed E-state index contributed by atoms with van der Waals surface area (Å²) < 4.78 is 28.2. The zero-order valence-electron chi connectivity index (χ0n) is 16.6. The van der Waals surface area contributed by atoms with E-state index in [1.165, 1.54) is 0 Å². The predicted octanol–water partition coefficient (Wildman–Crippen LogP) is 5.31. The van der Waals surface area contributed by atoms with Gasteiger partial charge in [0.05, 0.1) is 10.6 Å². The first kappa shape index (κ1) is 20.1. The summed E-state index contributed by atoms with van der Waals surface area (Å²) in [5.41, 5.74) is 0.646. The minimum absolute atomic E-state index is 0.112. The highest BCUT2D eigenvalue weighted by Crippen LogP contribution is 2.34. The Balaban J connectivity index is 2.27. The van der Waals surface area contributed by atoms with E-state index in [0.29, 0.717) is 11.3 Å². The van der Waals surface area contributed by atoms with Crippen LogP contribution in [-0.2, 0) is 14.8 Å². The average molecular weight is 396 g/mol. The van der Waals surface area contributed by atoms with Crippen molar-refractivity contribution in [2.75, 3.05) is 4.31 Å². The van der Waals surface area contributed by atoms with Crippen LogP contribution in [0.4, 0.5) is 5.69 Å². The SMILES string of the molecule is Cc1ccccc1S(=O)(=O)N(C(=O)CC(C)(C)C)c1cccc2ccccc12. The van der Waals surface area contributed by atoms with Crippen LogP contribution in [0.5, 0.6) is 0 Å². The number of hydrogen-bond donors (Lipinski definition) is 0. The number of carbonyl (C=O) groups excluding carboxylic acids is 1. The number of benzene rings is 3. The van der Waals surface area contributed by atoms with Crippen molar-refractivity contribution in [3.63, 3.8) is 0 Å². The maximum Gasteiger partial charge on any atom is 0.271 e. The largest absolute Gasteiger partial charge is 0.273 e. The van der Waals surface area contributed by atoms with Crippen LogP contribution < -0.4 is 4.31 Å². The molecule has 0 aliphatic heterocycles. The van der Waals surface area contributed by atoms with Gasteiger partial charge in [0, 0.05) is 11.8 Å². The van der Waals surface area contributed by atoms with E-state index in [2.05, 4.69) is 0 Å². The maximum atomic E-state index is 13.6. The minimum atomic E-state index is -4.06. The molecule has 0 heterocycles. The molecule has 0 saturated carbocycles. The van der Waals surface area contributed by atoms with Gasteiger partial charge in [0.1, 0.15) is 0 Å². The Bertz CT molecular complexity index is 1120. The third kappa shape index (κ3) is 3.94. The summed E-state index contributed by atoms with van der Waals surface area (Å²) in [6.07, 6.45) is 0.112. The van der Waals surface area contributed by atoms with E-state index in [4.69, 9.17) is 0 Å². The number of hydrogen-bond acceptors (Lipinski definition) is 3. The highest BCUT2D eigenvalue weighted by Gasteiger charge is 2.34. The van der Waals surface area contributed by atoms with Crippen molar-refractivity contribution in [3.05, 3.63) is 72.3 Å². The number of aryl methyl sites for hydroxylation is 1. The van der Waals surface area contributed by atoms with Crippen LogP contribution in [0, 0.1) is 12.3 Å². The van der Waals surface area contributed by atoms with Gasteiger partial charge in [0.2, 0.25) is 5.91 Å². The Morgan fingerprint density at radius 1 is 0.893 bits per heavy atom. The number of fused-ring (bicyclic) bond motifs is 1. The van der Waals surface area contributed by atoms with Gasteiger partial charge < -0.3 is 0 Å². The molecule has 3 rings (SSSR count). The lowest BCUT2D eigenvalue weighted by Gasteiger charge is -2.28. The van der Waals surface area contributed by atoms with Gasteiger partial charge in [0.25, 0.3) is 10.0 Å². The van der Waals surface area contributed by atoms with Crippen molar-refractivity contribution >= 4 is 32.4 Å². The zero-order valence-corrected chi connectivity index (χ0v) is 17.5. The van der Waals surface area contributed by atoms with Gasteiger partial charge in [-0.3, -0.25) is 4.79 Å². The fraction of sp³-hybridized carbons (Fsp3) is 0.261. The quantitative estimate of drug-likeness (QED) is 0.602. The first-order valence-electron chi connectivity index (χ1n) is 9.23. The van der Waals surface area contributed by atoms with Crippen LogP contribution in [0.25, 0.3) is 10.8 Å². The molecule has 146 valence electrons. The second-order valence-corrected chi connectivity index (χ2v) is 9.92. The lowest BCUT2D eigenvalue weighted by Crippen LogP contribution is -2.39. The van der Waals surface area contributed by atoms with Crippen LogP contribution >= 0.6 is 0 Å². The van der Waals surface area contributed by atoms with E-state index >= 15 is 0 Å². The number of amides is 1. The molecule has 0 unspecified atom stereocenters. The lowest BCUT2D eigenvalue weighted by molar-refractivity contribution is -0.119. The van der Waals surface area contributed by atoms with Crippen molar-refractivity contribution in [2.45, 2.75) is 39.0 Å². The molecule has 1 amide bonds.